The molecule has 0 spiro atoms. The van der Waals surface area contributed by atoms with Gasteiger partial charge in [0.15, 0.2) is 6.67 Å². The zero-order chi connectivity index (χ0) is 15.2. The summed E-state index contributed by atoms with van der Waals surface area (Å²) in [6.45, 7) is -3.50. The van der Waals surface area contributed by atoms with Crippen molar-refractivity contribution in [3.05, 3.63) is 0 Å². The molecule has 118 valence electrons. The van der Waals surface area contributed by atoms with Gasteiger partial charge in [-0.2, -0.15) is 43.9 Å². The van der Waals surface area contributed by atoms with Gasteiger partial charge < -0.3 is 5.11 Å². The van der Waals surface area contributed by atoms with E-state index in [1.807, 2.05) is 0 Å². The van der Waals surface area contributed by atoms with Crippen molar-refractivity contribution in [2.24, 2.45) is 0 Å². The number of halogens is 12. The van der Waals surface area contributed by atoms with Gasteiger partial charge in [-0.05, 0) is 0 Å². The van der Waals surface area contributed by atoms with E-state index < -0.39 is 36.5 Å². The maximum Gasteiger partial charge on any atom is 0.423 e. The van der Waals surface area contributed by atoms with Crippen molar-refractivity contribution in [2.75, 3.05) is 6.67 Å². The quantitative estimate of drug-likeness (QED) is 0.771. The van der Waals surface area contributed by atoms with E-state index in [1.54, 1.807) is 0 Å². The highest BCUT2D eigenvalue weighted by molar-refractivity contribution is 5.05. The van der Waals surface area contributed by atoms with Crippen LogP contribution in [0, 0.1) is 0 Å². The summed E-state index contributed by atoms with van der Waals surface area (Å²) in [6.07, 6.45) is -6.72. The molecule has 13 heteroatoms. The van der Waals surface area contributed by atoms with E-state index in [0.29, 0.717) is 0 Å². The van der Waals surface area contributed by atoms with E-state index >= 15 is 0 Å². The first kappa shape index (κ1) is 20.4. The van der Waals surface area contributed by atoms with Crippen LogP contribution in [0.4, 0.5) is 53.0 Å². The molecule has 0 saturated carbocycles. The molecule has 1 nitrogen and oxygen atoms in total. The Kier molecular flexibility index (Phi) is 5.27. The van der Waals surface area contributed by atoms with Crippen LogP contribution in [0.25, 0.3) is 0 Å². The Balaban J connectivity index is 0. The zero-order valence-corrected chi connectivity index (χ0v) is 8.22. The third-order valence-corrected chi connectivity index (χ3v) is 1.79. The summed E-state index contributed by atoms with van der Waals surface area (Å²) >= 11 is 0. The molecule has 19 heavy (non-hydrogen) atoms. The highest BCUT2D eigenvalue weighted by atomic mass is 19.4. The van der Waals surface area contributed by atoms with Gasteiger partial charge in [-0.3, -0.25) is 4.70 Å². The molecule has 1 N–H and O–H groups in total. The van der Waals surface area contributed by atoms with Crippen LogP contribution in [0.2, 0.25) is 0 Å². The van der Waals surface area contributed by atoms with Crippen molar-refractivity contribution in [1.82, 2.24) is 0 Å². The third-order valence-electron chi connectivity index (χ3n) is 1.79. The van der Waals surface area contributed by atoms with Crippen LogP contribution in [0.15, 0.2) is 0 Å². The second-order valence-corrected chi connectivity index (χ2v) is 3.10. The van der Waals surface area contributed by atoms with Crippen LogP contribution in [0.3, 0.4) is 0 Å². The molecule has 0 unspecified atom stereocenters. The van der Waals surface area contributed by atoms with Crippen molar-refractivity contribution in [3.8, 4) is 0 Å². The molecule has 0 aromatic carbocycles. The Morgan fingerprint density at radius 2 is 0.947 bits per heavy atom. The van der Waals surface area contributed by atoms with Crippen LogP contribution in [0.1, 0.15) is 0 Å². The first-order valence-corrected chi connectivity index (χ1v) is 3.73. The van der Waals surface area contributed by atoms with Crippen molar-refractivity contribution >= 4 is 0 Å². The van der Waals surface area contributed by atoms with E-state index in [0.717, 1.165) is 0 Å². The van der Waals surface area contributed by atoms with Crippen LogP contribution in [-0.4, -0.2) is 41.6 Å². The summed E-state index contributed by atoms with van der Waals surface area (Å²) in [6, 6.07) is 0. The molecule has 0 aliphatic heterocycles. The Labute approximate surface area is 95.9 Å². The molecule has 0 atom stereocenters. The number of rotatable bonds is 5. The molecule has 0 amide bonds. The Morgan fingerprint density at radius 1 is 0.632 bits per heavy atom. The predicted octanol–water partition coefficient (Wildman–Crippen LogP) is 3.23. The molecule has 0 bridgehead atoms. The van der Waals surface area contributed by atoms with Gasteiger partial charge in [-0.15, -0.1) is 0 Å². The van der Waals surface area contributed by atoms with Gasteiger partial charge in [0.2, 0.25) is 0 Å². The lowest BCUT2D eigenvalue weighted by molar-refractivity contribution is -0.438. The van der Waals surface area contributed by atoms with Gasteiger partial charge in [0.25, 0.3) is 0 Å². The highest BCUT2D eigenvalue weighted by Gasteiger charge is 2.86. The number of hydrogen-bond acceptors (Lipinski definition) is 1. The monoisotopic (exact) mass is 320 g/mol. The Bertz CT molecular complexity index is 304. The minimum Gasteiger partial charge on any atom is -0.331 e. The zero-order valence-electron chi connectivity index (χ0n) is 8.22. The smallest absolute Gasteiger partial charge is 0.331 e. The standard InChI is InChI=1S/C6H3F11O.FH/c7-1-2(8,9)3(10,11)4(12,13)5(14,15)6(16,17)18;/h18H,1H2;1H. The summed E-state index contributed by atoms with van der Waals surface area (Å²) in [4.78, 5) is 0. The van der Waals surface area contributed by atoms with Crippen LogP contribution in [0.5, 0.6) is 0 Å². The Hall–Kier alpha value is -0.880. The SMILES string of the molecule is F.OC(F)(F)C(F)(F)C(F)(F)C(F)(F)C(F)(F)CF. The van der Waals surface area contributed by atoms with Gasteiger partial charge in [0.05, 0.1) is 0 Å². The van der Waals surface area contributed by atoms with Gasteiger partial charge in [-0.25, -0.2) is 4.39 Å². The van der Waals surface area contributed by atoms with Crippen molar-refractivity contribution in [2.45, 2.75) is 29.8 Å². The first-order valence-electron chi connectivity index (χ1n) is 3.73. The first-order chi connectivity index (χ1) is 7.56. The van der Waals surface area contributed by atoms with E-state index in [-0.39, 0.29) is 4.70 Å². The van der Waals surface area contributed by atoms with Crippen molar-refractivity contribution < 1.29 is 58.1 Å². The molecule has 0 aliphatic carbocycles. The van der Waals surface area contributed by atoms with Crippen LogP contribution >= 0.6 is 0 Å². The van der Waals surface area contributed by atoms with E-state index in [9.17, 15) is 48.3 Å². The summed E-state index contributed by atoms with van der Waals surface area (Å²) in [5.74, 6) is -28.1. The Morgan fingerprint density at radius 3 is 1.16 bits per heavy atom. The summed E-state index contributed by atoms with van der Waals surface area (Å²) < 4.78 is 133. The lowest BCUT2D eigenvalue weighted by atomic mass is 9.98. The molecular formula is C6H4F12O. The topological polar surface area (TPSA) is 20.2 Å². The average Bonchev–Trinajstić information content (AvgIpc) is 2.15. The maximum absolute atomic E-state index is 12.4. The molecule has 0 aromatic rings. The van der Waals surface area contributed by atoms with Crippen molar-refractivity contribution in [3.63, 3.8) is 0 Å². The summed E-state index contributed by atoms with van der Waals surface area (Å²) in [5.41, 5.74) is 0. The van der Waals surface area contributed by atoms with Gasteiger partial charge in [0, 0.05) is 0 Å². The fourth-order valence-corrected chi connectivity index (χ4v) is 0.700. The highest BCUT2D eigenvalue weighted by Crippen LogP contribution is 2.56. The van der Waals surface area contributed by atoms with Crippen LogP contribution < -0.4 is 0 Å². The largest absolute Gasteiger partial charge is 0.423 e. The van der Waals surface area contributed by atoms with Gasteiger partial charge >= 0.3 is 29.8 Å². The number of alkyl halides is 11. The molecule has 0 fully saturated rings. The lowest BCUT2D eigenvalue weighted by Crippen LogP contribution is -2.67. The normalized spacial score (nSPS) is 15.2. The maximum atomic E-state index is 12.4. The minimum atomic E-state index is -7.40. The molecule has 0 saturated heterocycles. The molecular weight excluding hydrogens is 316 g/mol. The predicted molar refractivity (Wildman–Crippen MR) is 35.4 cm³/mol. The van der Waals surface area contributed by atoms with E-state index in [2.05, 4.69) is 0 Å². The summed E-state index contributed by atoms with van der Waals surface area (Å²) in [7, 11) is 0. The van der Waals surface area contributed by atoms with Crippen molar-refractivity contribution in [1.29, 1.82) is 0 Å². The number of hydrogen-bond donors (Lipinski definition) is 1. The minimum absolute atomic E-state index is 0. The molecule has 0 heterocycles. The third kappa shape index (κ3) is 2.69. The second kappa shape index (κ2) is 4.90. The molecule has 0 rings (SSSR count). The lowest BCUT2D eigenvalue weighted by Gasteiger charge is -2.36. The fourth-order valence-electron chi connectivity index (χ4n) is 0.700. The van der Waals surface area contributed by atoms with Gasteiger partial charge in [0.1, 0.15) is 0 Å². The van der Waals surface area contributed by atoms with Crippen LogP contribution in [-0.2, 0) is 0 Å². The summed E-state index contributed by atoms with van der Waals surface area (Å²) in [5, 5.41) is 7.35. The molecule has 0 aliphatic rings. The molecule has 0 aromatic heterocycles. The van der Waals surface area contributed by atoms with Gasteiger partial charge in [-0.1, -0.05) is 0 Å². The fraction of sp³-hybridized carbons (Fsp3) is 1.00. The number of aliphatic hydroxyl groups is 1. The van der Waals surface area contributed by atoms with E-state index in [4.69, 9.17) is 5.11 Å². The second-order valence-electron chi connectivity index (χ2n) is 3.10. The van der Waals surface area contributed by atoms with E-state index in [1.165, 1.54) is 0 Å². The molecule has 0 radical (unpaired) electrons. The average molecular weight is 320 g/mol.